The lowest BCUT2D eigenvalue weighted by Crippen LogP contribution is -2.18. The Morgan fingerprint density at radius 3 is 1.72 bits per heavy atom. The number of rotatable bonds is 6. The Kier molecular flexibility index (Phi) is 6.09. The van der Waals surface area contributed by atoms with E-state index in [9.17, 15) is 9.59 Å². The molecule has 0 aliphatic carbocycles. The third-order valence-electron chi connectivity index (χ3n) is 4.20. The summed E-state index contributed by atoms with van der Waals surface area (Å²) < 4.78 is 5.10. The molecule has 0 bridgehead atoms. The molecule has 0 spiro atoms. The van der Waals surface area contributed by atoms with E-state index in [1.807, 2.05) is 43.3 Å². The second-order valence-corrected chi connectivity index (χ2v) is 6.49. The minimum Gasteiger partial charge on any atom is -0.497 e. The molecule has 0 aliphatic rings. The summed E-state index contributed by atoms with van der Waals surface area (Å²) in [5.41, 5.74) is 2.59. The first-order chi connectivity index (χ1) is 14.0. The second kappa shape index (κ2) is 8.88. The Hall–Kier alpha value is -3.87. The molecule has 0 radical (unpaired) electrons. The molecule has 29 heavy (non-hydrogen) atoms. The summed E-state index contributed by atoms with van der Waals surface area (Å²) in [6, 6.07) is 19.1. The molecule has 7 heteroatoms. The Morgan fingerprint density at radius 1 is 0.793 bits per heavy atom. The molecule has 148 valence electrons. The highest BCUT2D eigenvalue weighted by atomic mass is 16.5. The van der Waals surface area contributed by atoms with Gasteiger partial charge in [0.05, 0.1) is 7.11 Å². The summed E-state index contributed by atoms with van der Waals surface area (Å²) in [6.45, 7) is 0. The minimum atomic E-state index is -0.403. The van der Waals surface area contributed by atoms with E-state index in [0.29, 0.717) is 17.1 Å². The second-order valence-electron chi connectivity index (χ2n) is 6.49. The SMILES string of the molecule is COc1ccc(NC(=O)c2cccc(C(=O)Nc3ccc(N(C)C)cc3)n2)cc1. The predicted molar refractivity (Wildman–Crippen MR) is 114 cm³/mol. The normalized spacial score (nSPS) is 10.2. The lowest BCUT2D eigenvalue weighted by Gasteiger charge is -2.13. The fourth-order valence-electron chi connectivity index (χ4n) is 2.60. The van der Waals surface area contributed by atoms with Crippen molar-refractivity contribution in [3.8, 4) is 5.75 Å². The lowest BCUT2D eigenvalue weighted by molar-refractivity contribution is 0.101. The molecule has 3 rings (SSSR count). The fraction of sp³-hybridized carbons (Fsp3) is 0.136. The van der Waals surface area contributed by atoms with Crippen molar-refractivity contribution in [2.75, 3.05) is 36.7 Å². The first-order valence-corrected chi connectivity index (χ1v) is 8.97. The van der Waals surface area contributed by atoms with Crippen LogP contribution in [0.1, 0.15) is 21.0 Å². The molecule has 0 saturated carbocycles. The largest absolute Gasteiger partial charge is 0.497 e. The Balaban J connectivity index is 1.68. The molecule has 0 unspecified atom stereocenters. The van der Waals surface area contributed by atoms with Crippen LogP contribution >= 0.6 is 0 Å². The number of aromatic nitrogens is 1. The maximum absolute atomic E-state index is 12.5. The number of nitrogens with zero attached hydrogens (tertiary/aromatic N) is 2. The number of methoxy groups -OCH3 is 1. The molecule has 2 amide bonds. The monoisotopic (exact) mass is 390 g/mol. The maximum Gasteiger partial charge on any atom is 0.274 e. The van der Waals surface area contributed by atoms with Crippen LogP contribution in [-0.4, -0.2) is 38.0 Å². The zero-order valence-electron chi connectivity index (χ0n) is 16.5. The van der Waals surface area contributed by atoms with Crippen molar-refractivity contribution in [1.29, 1.82) is 0 Å². The van der Waals surface area contributed by atoms with Crippen molar-refractivity contribution in [3.05, 3.63) is 78.1 Å². The van der Waals surface area contributed by atoms with Crippen molar-refractivity contribution in [1.82, 2.24) is 4.98 Å². The smallest absolute Gasteiger partial charge is 0.274 e. The third kappa shape index (κ3) is 5.10. The highest BCUT2D eigenvalue weighted by Gasteiger charge is 2.13. The summed E-state index contributed by atoms with van der Waals surface area (Å²) in [4.78, 5) is 31.1. The molecule has 0 aliphatic heterocycles. The number of carbonyl (C=O) groups excluding carboxylic acids is 2. The predicted octanol–water partition coefficient (Wildman–Crippen LogP) is 3.66. The van der Waals surface area contributed by atoms with Gasteiger partial charge in [0, 0.05) is 31.2 Å². The van der Waals surface area contributed by atoms with Crippen LogP contribution in [0.2, 0.25) is 0 Å². The average molecular weight is 390 g/mol. The van der Waals surface area contributed by atoms with Crippen LogP contribution in [0.25, 0.3) is 0 Å². The van der Waals surface area contributed by atoms with Crippen molar-refractivity contribution >= 4 is 28.9 Å². The number of hydrogen-bond acceptors (Lipinski definition) is 5. The molecule has 2 aromatic carbocycles. The number of benzene rings is 2. The van der Waals surface area contributed by atoms with Crippen LogP contribution in [-0.2, 0) is 0 Å². The molecule has 0 fully saturated rings. The standard InChI is InChI=1S/C22H22N4O3/c1-26(2)17-11-7-15(8-12-17)23-21(27)19-5-4-6-20(25-19)22(28)24-16-9-13-18(29-3)14-10-16/h4-14H,1-3H3,(H,23,27)(H,24,28). The van der Waals surface area contributed by atoms with Gasteiger partial charge in [0.25, 0.3) is 11.8 Å². The summed E-state index contributed by atoms with van der Waals surface area (Å²) in [5.74, 6) is -0.0970. The first kappa shape index (κ1) is 19.9. The zero-order valence-corrected chi connectivity index (χ0v) is 16.5. The minimum absolute atomic E-state index is 0.149. The van der Waals surface area contributed by atoms with Gasteiger partial charge >= 0.3 is 0 Å². The fourth-order valence-corrected chi connectivity index (χ4v) is 2.60. The number of amides is 2. The molecule has 3 aromatic rings. The summed E-state index contributed by atoms with van der Waals surface area (Å²) >= 11 is 0. The maximum atomic E-state index is 12.5. The van der Waals surface area contributed by atoms with E-state index >= 15 is 0 Å². The number of ether oxygens (including phenoxy) is 1. The number of hydrogen-bond donors (Lipinski definition) is 2. The van der Waals surface area contributed by atoms with Crippen molar-refractivity contribution in [2.45, 2.75) is 0 Å². The summed E-state index contributed by atoms with van der Waals surface area (Å²) in [5, 5.41) is 5.54. The van der Waals surface area contributed by atoms with Gasteiger partial charge in [-0.15, -0.1) is 0 Å². The van der Waals surface area contributed by atoms with E-state index < -0.39 is 5.91 Å². The Labute approximate surface area is 169 Å². The van der Waals surface area contributed by atoms with E-state index in [1.54, 1.807) is 49.6 Å². The van der Waals surface area contributed by atoms with Crippen molar-refractivity contribution < 1.29 is 14.3 Å². The number of nitrogens with one attached hydrogen (secondary N) is 2. The Bertz CT molecular complexity index is 999. The van der Waals surface area contributed by atoms with Crippen LogP contribution in [0.5, 0.6) is 5.75 Å². The van der Waals surface area contributed by atoms with Gasteiger partial charge in [-0.1, -0.05) is 6.07 Å². The number of carbonyl (C=O) groups is 2. The quantitative estimate of drug-likeness (QED) is 0.671. The van der Waals surface area contributed by atoms with Gasteiger partial charge in [0.2, 0.25) is 0 Å². The van der Waals surface area contributed by atoms with Gasteiger partial charge in [-0.3, -0.25) is 9.59 Å². The van der Waals surface area contributed by atoms with Crippen LogP contribution in [0.3, 0.4) is 0 Å². The van der Waals surface area contributed by atoms with Crippen LogP contribution < -0.4 is 20.3 Å². The van der Waals surface area contributed by atoms with Gasteiger partial charge in [-0.05, 0) is 60.7 Å². The first-order valence-electron chi connectivity index (χ1n) is 8.97. The van der Waals surface area contributed by atoms with E-state index in [0.717, 1.165) is 5.69 Å². The van der Waals surface area contributed by atoms with Gasteiger partial charge < -0.3 is 20.3 Å². The van der Waals surface area contributed by atoms with Gasteiger partial charge in [-0.2, -0.15) is 0 Å². The summed E-state index contributed by atoms with van der Waals surface area (Å²) in [6.07, 6.45) is 0. The average Bonchev–Trinajstić information content (AvgIpc) is 2.74. The molecule has 7 nitrogen and oxygen atoms in total. The molecular formula is C22H22N4O3. The van der Waals surface area contributed by atoms with E-state index in [4.69, 9.17) is 4.74 Å². The van der Waals surface area contributed by atoms with Crippen molar-refractivity contribution in [2.24, 2.45) is 0 Å². The van der Waals surface area contributed by atoms with Crippen LogP contribution in [0, 0.1) is 0 Å². The number of anilines is 3. The van der Waals surface area contributed by atoms with Gasteiger partial charge in [0.15, 0.2) is 0 Å². The topological polar surface area (TPSA) is 83.6 Å². The van der Waals surface area contributed by atoms with Crippen LogP contribution in [0.4, 0.5) is 17.1 Å². The zero-order chi connectivity index (χ0) is 20.8. The number of pyridine rings is 1. The highest BCUT2D eigenvalue weighted by Crippen LogP contribution is 2.17. The summed E-state index contributed by atoms with van der Waals surface area (Å²) in [7, 11) is 5.46. The molecular weight excluding hydrogens is 368 g/mol. The van der Waals surface area contributed by atoms with E-state index in [2.05, 4.69) is 15.6 Å². The van der Waals surface area contributed by atoms with Gasteiger partial charge in [-0.25, -0.2) is 4.98 Å². The highest BCUT2D eigenvalue weighted by molar-refractivity contribution is 6.06. The molecule has 0 saturated heterocycles. The lowest BCUT2D eigenvalue weighted by atomic mass is 10.2. The van der Waals surface area contributed by atoms with Gasteiger partial charge in [0.1, 0.15) is 17.1 Å². The van der Waals surface area contributed by atoms with Crippen LogP contribution in [0.15, 0.2) is 66.7 Å². The van der Waals surface area contributed by atoms with Crippen molar-refractivity contribution in [3.63, 3.8) is 0 Å². The molecule has 2 N–H and O–H groups in total. The molecule has 1 heterocycles. The Morgan fingerprint density at radius 2 is 1.28 bits per heavy atom. The third-order valence-corrected chi connectivity index (χ3v) is 4.20. The molecule has 0 atom stereocenters. The van der Waals surface area contributed by atoms with E-state index in [-0.39, 0.29) is 17.3 Å². The van der Waals surface area contributed by atoms with E-state index in [1.165, 1.54) is 0 Å². The molecule has 1 aromatic heterocycles.